The Balaban J connectivity index is 1.73. The molecular weight excluding hydrogens is 371 g/mol. The average Bonchev–Trinajstić information content (AvgIpc) is 2.97. The lowest BCUT2D eigenvalue weighted by Gasteiger charge is -2.28. The molecule has 27 heavy (non-hydrogen) atoms. The van der Waals surface area contributed by atoms with Crippen molar-refractivity contribution < 1.29 is 17.9 Å². The molecule has 0 radical (unpaired) electrons. The van der Waals surface area contributed by atoms with E-state index in [0.29, 0.717) is 5.75 Å². The molecule has 3 rings (SSSR count). The third-order valence-electron chi connectivity index (χ3n) is 5.04. The zero-order chi connectivity index (χ0) is 19.4. The summed E-state index contributed by atoms with van der Waals surface area (Å²) in [6.45, 7) is 7.33. The van der Waals surface area contributed by atoms with E-state index in [1.165, 1.54) is 41.1 Å². The molecule has 2 heterocycles. The maximum atomic E-state index is 12.8. The van der Waals surface area contributed by atoms with Crippen molar-refractivity contribution in [3.05, 3.63) is 51.2 Å². The zero-order valence-electron chi connectivity index (χ0n) is 15.8. The van der Waals surface area contributed by atoms with Crippen molar-refractivity contribution >= 4 is 11.3 Å². The van der Waals surface area contributed by atoms with Crippen LogP contribution in [0, 0.1) is 13.8 Å². The van der Waals surface area contributed by atoms with Crippen LogP contribution in [0.3, 0.4) is 0 Å². The minimum Gasteiger partial charge on any atom is -0.486 e. The number of halogens is 3. The molecule has 0 aliphatic carbocycles. The second-order valence-corrected chi connectivity index (χ2v) is 8.65. The summed E-state index contributed by atoms with van der Waals surface area (Å²) in [5.74, 6) is 0.481. The summed E-state index contributed by atoms with van der Waals surface area (Å²) in [7, 11) is 0. The molecule has 6 heteroatoms. The summed E-state index contributed by atoms with van der Waals surface area (Å²) < 4.78 is 44.5. The molecule has 1 atom stereocenters. The first-order chi connectivity index (χ1) is 12.8. The standard InChI is InChI=1S/C21H26F3NOS/c1-15-14-19(16(2)27-15)20(10-13-25-11-4-3-5-12-25)26-18-8-6-17(7-9-18)21(22,23)24/h6-9,14,20H,3-5,10-13H2,1-2H3. The van der Waals surface area contributed by atoms with Gasteiger partial charge in [-0.25, -0.2) is 0 Å². The molecule has 0 saturated carbocycles. The fraction of sp³-hybridized carbons (Fsp3) is 0.524. The summed E-state index contributed by atoms with van der Waals surface area (Å²) in [5.41, 5.74) is 0.497. The van der Waals surface area contributed by atoms with Crippen LogP contribution in [0.2, 0.25) is 0 Å². The van der Waals surface area contributed by atoms with Crippen molar-refractivity contribution in [2.75, 3.05) is 19.6 Å². The monoisotopic (exact) mass is 397 g/mol. The first-order valence-corrected chi connectivity index (χ1v) is 10.3. The van der Waals surface area contributed by atoms with Crippen LogP contribution in [-0.2, 0) is 6.18 Å². The molecule has 1 unspecified atom stereocenters. The Labute approximate surface area is 163 Å². The van der Waals surface area contributed by atoms with Crippen LogP contribution in [0.25, 0.3) is 0 Å². The lowest BCUT2D eigenvalue weighted by molar-refractivity contribution is -0.137. The first kappa shape index (κ1) is 20.2. The number of hydrogen-bond donors (Lipinski definition) is 0. The third-order valence-corrected chi connectivity index (χ3v) is 6.02. The Morgan fingerprint density at radius 3 is 2.30 bits per heavy atom. The molecule has 1 aromatic heterocycles. The van der Waals surface area contributed by atoms with Gasteiger partial charge in [0.15, 0.2) is 0 Å². The number of aryl methyl sites for hydroxylation is 2. The van der Waals surface area contributed by atoms with E-state index in [9.17, 15) is 13.2 Å². The van der Waals surface area contributed by atoms with Gasteiger partial charge in [-0.1, -0.05) is 6.42 Å². The maximum absolute atomic E-state index is 12.8. The van der Waals surface area contributed by atoms with E-state index in [-0.39, 0.29) is 6.10 Å². The highest BCUT2D eigenvalue weighted by atomic mass is 32.1. The molecule has 1 saturated heterocycles. The molecule has 0 bridgehead atoms. The predicted octanol–water partition coefficient (Wildman–Crippen LogP) is 6.38. The second kappa shape index (κ2) is 8.65. The molecule has 0 N–H and O–H groups in total. The van der Waals surface area contributed by atoms with E-state index >= 15 is 0 Å². The van der Waals surface area contributed by atoms with Crippen molar-refractivity contribution in [1.29, 1.82) is 0 Å². The average molecular weight is 398 g/mol. The Kier molecular flexibility index (Phi) is 6.48. The minimum atomic E-state index is -4.33. The van der Waals surface area contributed by atoms with E-state index in [0.717, 1.165) is 43.8 Å². The number of ether oxygens (including phenoxy) is 1. The van der Waals surface area contributed by atoms with E-state index in [1.807, 2.05) is 0 Å². The van der Waals surface area contributed by atoms with Gasteiger partial charge in [0.05, 0.1) is 5.56 Å². The van der Waals surface area contributed by atoms with Gasteiger partial charge in [-0.05, 0) is 70.1 Å². The molecule has 1 fully saturated rings. The topological polar surface area (TPSA) is 12.5 Å². The number of hydrogen-bond acceptors (Lipinski definition) is 3. The fourth-order valence-electron chi connectivity index (χ4n) is 3.62. The summed E-state index contributed by atoms with van der Waals surface area (Å²) in [4.78, 5) is 4.89. The highest BCUT2D eigenvalue weighted by Crippen LogP contribution is 2.34. The number of nitrogens with zero attached hydrogens (tertiary/aromatic N) is 1. The molecule has 0 spiro atoms. The summed E-state index contributed by atoms with van der Waals surface area (Å²) in [6.07, 6.45) is 0.131. The normalized spacial score (nSPS) is 17.1. The highest BCUT2D eigenvalue weighted by molar-refractivity contribution is 7.12. The molecule has 2 nitrogen and oxygen atoms in total. The Morgan fingerprint density at radius 2 is 1.74 bits per heavy atom. The summed E-state index contributed by atoms with van der Waals surface area (Å²) in [6, 6.07) is 7.16. The van der Waals surface area contributed by atoms with Crippen LogP contribution in [0.15, 0.2) is 30.3 Å². The quantitative estimate of drug-likeness (QED) is 0.561. The molecule has 1 aliphatic rings. The van der Waals surface area contributed by atoms with Crippen molar-refractivity contribution in [2.24, 2.45) is 0 Å². The number of rotatable bonds is 6. The van der Waals surface area contributed by atoms with Gasteiger partial charge in [0.1, 0.15) is 11.9 Å². The molecule has 0 amide bonds. The smallest absolute Gasteiger partial charge is 0.416 e. The number of benzene rings is 1. The van der Waals surface area contributed by atoms with Crippen LogP contribution in [0.5, 0.6) is 5.75 Å². The third kappa shape index (κ3) is 5.48. The van der Waals surface area contributed by atoms with Gasteiger partial charge in [0.25, 0.3) is 0 Å². The Bertz CT molecular complexity index is 733. The van der Waals surface area contributed by atoms with E-state index in [2.05, 4.69) is 24.8 Å². The highest BCUT2D eigenvalue weighted by Gasteiger charge is 2.30. The van der Waals surface area contributed by atoms with E-state index in [1.54, 1.807) is 11.3 Å². The molecular formula is C21H26F3NOS. The molecule has 1 aromatic carbocycles. The van der Waals surface area contributed by atoms with Crippen molar-refractivity contribution in [3.8, 4) is 5.75 Å². The first-order valence-electron chi connectivity index (χ1n) is 9.46. The lowest BCUT2D eigenvalue weighted by Crippen LogP contribution is -2.32. The Morgan fingerprint density at radius 1 is 1.07 bits per heavy atom. The lowest BCUT2D eigenvalue weighted by atomic mass is 10.1. The van der Waals surface area contributed by atoms with E-state index in [4.69, 9.17) is 4.74 Å². The van der Waals surface area contributed by atoms with Crippen LogP contribution in [0.1, 0.15) is 52.7 Å². The predicted molar refractivity (Wildman–Crippen MR) is 104 cm³/mol. The zero-order valence-corrected chi connectivity index (χ0v) is 16.6. The van der Waals surface area contributed by atoms with Crippen molar-refractivity contribution in [1.82, 2.24) is 4.90 Å². The molecule has 148 valence electrons. The van der Waals surface area contributed by atoms with Gasteiger partial charge in [-0.2, -0.15) is 13.2 Å². The number of piperidine rings is 1. The van der Waals surface area contributed by atoms with Gasteiger partial charge in [0.2, 0.25) is 0 Å². The molecule has 1 aliphatic heterocycles. The van der Waals surface area contributed by atoms with Crippen LogP contribution in [0.4, 0.5) is 13.2 Å². The number of likely N-dealkylation sites (tertiary alicyclic amines) is 1. The van der Waals surface area contributed by atoms with E-state index < -0.39 is 11.7 Å². The fourth-order valence-corrected chi connectivity index (χ4v) is 4.59. The largest absolute Gasteiger partial charge is 0.486 e. The SMILES string of the molecule is Cc1cc(C(CCN2CCCCC2)Oc2ccc(C(F)(F)F)cc2)c(C)s1. The summed E-state index contributed by atoms with van der Waals surface area (Å²) in [5, 5.41) is 0. The number of alkyl halides is 3. The summed E-state index contributed by atoms with van der Waals surface area (Å²) >= 11 is 1.73. The molecule has 2 aromatic rings. The van der Waals surface area contributed by atoms with Crippen molar-refractivity contribution in [3.63, 3.8) is 0 Å². The van der Waals surface area contributed by atoms with Gasteiger partial charge in [-0.15, -0.1) is 11.3 Å². The van der Waals surface area contributed by atoms with Crippen LogP contribution >= 0.6 is 11.3 Å². The number of thiophene rings is 1. The minimum absolute atomic E-state index is 0.145. The van der Waals surface area contributed by atoms with Gasteiger partial charge in [0, 0.05) is 28.3 Å². The van der Waals surface area contributed by atoms with Crippen LogP contribution < -0.4 is 4.74 Å². The van der Waals surface area contributed by atoms with Crippen molar-refractivity contribution in [2.45, 2.75) is 51.8 Å². The van der Waals surface area contributed by atoms with Crippen LogP contribution in [-0.4, -0.2) is 24.5 Å². The second-order valence-electron chi connectivity index (χ2n) is 7.19. The Hall–Kier alpha value is -1.53. The van der Waals surface area contributed by atoms with Gasteiger partial charge < -0.3 is 9.64 Å². The van der Waals surface area contributed by atoms with Gasteiger partial charge in [-0.3, -0.25) is 0 Å². The van der Waals surface area contributed by atoms with Gasteiger partial charge >= 0.3 is 6.18 Å². The maximum Gasteiger partial charge on any atom is 0.416 e.